The predicted molar refractivity (Wildman–Crippen MR) is 96.0 cm³/mol. The molecule has 0 aliphatic carbocycles. The van der Waals surface area contributed by atoms with Crippen molar-refractivity contribution in [3.05, 3.63) is 53.5 Å². The SMILES string of the molecule is Cc1ccc(S(=O)(=O)N(C)C)cc1C(=O)NC(C)CCc1ccco1. The minimum Gasteiger partial charge on any atom is -0.469 e. The van der Waals surface area contributed by atoms with Crippen LogP contribution >= 0.6 is 0 Å². The second-order valence-electron chi connectivity index (χ2n) is 6.26. The van der Waals surface area contributed by atoms with Gasteiger partial charge in [0.2, 0.25) is 10.0 Å². The minimum atomic E-state index is -3.58. The summed E-state index contributed by atoms with van der Waals surface area (Å²) in [6.45, 7) is 3.70. The van der Waals surface area contributed by atoms with Crippen LogP contribution in [0.25, 0.3) is 0 Å². The number of furan rings is 1. The molecular weight excluding hydrogens is 340 g/mol. The summed E-state index contributed by atoms with van der Waals surface area (Å²) in [5.74, 6) is 0.594. The maximum absolute atomic E-state index is 12.5. The van der Waals surface area contributed by atoms with Gasteiger partial charge >= 0.3 is 0 Å². The fourth-order valence-electron chi connectivity index (χ4n) is 2.40. The lowest BCUT2D eigenvalue weighted by atomic mass is 10.1. The zero-order chi connectivity index (χ0) is 18.6. The van der Waals surface area contributed by atoms with Gasteiger partial charge in [-0.15, -0.1) is 0 Å². The number of carbonyl (C=O) groups excluding carboxylic acids is 1. The molecule has 1 amide bonds. The highest BCUT2D eigenvalue weighted by atomic mass is 32.2. The van der Waals surface area contributed by atoms with Crippen molar-refractivity contribution in [3.63, 3.8) is 0 Å². The Morgan fingerprint density at radius 1 is 1.28 bits per heavy atom. The molecule has 2 rings (SSSR count). The minimum absolute atomic E-state index is 0.0638. The lowest BCUT2D eigenvalue weighted by Gasteiger charge is -2.16. The van der Waals surface area contributed by atoms with Gasteiger partial charge < -0.3 is 9.73 Å². The van der Waals surface area contributed by atoms with Gasteiger partial charge in [0.15, 0.2) is 0 Å². The van der Waals surface area contributed by atoms with Crippen LogP contribution in [0.1, 0.15) is 35.0 Å². The third kappa shape index (κ3) is 4.70. The number of carbonyl (C=O) groups is 1. The molecule has 1 N–H and O–H groups in total. The van der Waals surface area contributed by atoms with E-state index < -0.39 is 10.0 Å². The zero-order valence-electron chi connectivity index (χ0n) is 14.9. The van der Waals surface area contributed by atoms with Gasteiger partial charge in [0.1, 0.15) is 5.76 Å². The van der Waals surface area contributed by atoms with Gasteiger partial charge in [-0.2, -0.15) is 0 Å². The molecule has 0 spiro atoms. The number of amides is 1. The molecule has 7 heteroatoms. The summed E-state index contributed by atoms with van der Waals surface area (Å²) < 4.78 is 30.9. The van der Waals surface area contributed by atoms with E-state index >= 15 is 0 Å². The van der Waals surface area contributed by atoms with E-state index in [0.717, 1.165) is 28.5 Å². The van der Waals surface area contributed by atoms with Gasteiger partial charge in [-0.25, -0.2) is 12.7 Å². The smallest absolute Gasteiger partial charge is 0.251 e. The summed E-state index contributed by atoms with van der Waals surface area (Å²) in [6, 6.07) is 8.26. The van der Waals surface area contributed by atoms with Gasteiger partial charge in [-0.1, -0.05) is 6.07 Å². The third-order valence-corrected chi connectivity index (χ3v) is 5.82. The molecule has 1 atom stereocenters. The van der Waals surface area contributed by atoms with Crippen molar-refractivity contribution >= 4 is 15.9 Å². The van der Waals surface area contributed by atoms with Crippen LogP contribution in [-0.4, -0.2) is 38.8 Å². The Balaban J connectivity index is 2.10. The highest BCUT2D eigenvalue weighted by Crippen LogP contribution is 2.18. The molecule has 25 heavy (non-hydrogen) atoms. The number of aryl methyl sites for hydroxylation is 2. The van der Waals surface area contributed by atoms with E-state index in [4.69, 9.17) is 4.42 Å². The Kier molecular flexibility index (Phi) is 6.02. The van der Waals surface area contributed by atoms with E-state index in [0.29, 0.717) is 5.56 Å². The van der Waals surface area contributed by atoms with Crippen LogP contribution in [0, 0.1) is 6.92 Å². The Hall–Kier alpha value is -2.12. The van der Waals surface area contributed by atoms with E-state index in [9.17, 15) is 13.2 Å². The lowest BCUT2D eigenvalue weighted by Crippen LogP contribution is -2.33. The molecule has 0 saturated carbocycles. The predicted octanol–water partition coefficient (Wildman–Crippen LogP) is 2.59. The number of benzene rings is 1. The fraction of sp³-hybridized carbons (Fsp3) is 0.389. The topological polar surface area (TPSA) is 79.6 Å². The van der Waals surface area contributed by atoms with Crippen LogP contribution in [0.2, 0.25) is 0 Å². The van der Waals surface area contributed by atoms with Crippen molar-refractivity contribution in [2.75, 3.05) is 14.1 Å². The normalized spacial score (nSPS) is 13.0. The number of hydrogen-bond donors (Lipinski definition) is 1. The number of rotatable bonds is 7. The van der Waals surface area contributed by atoms with Crippen LogP contribution in [0.4, 0.5) is 0 Å². The second kappa shape index (κ2) is 7.84. The molecule has 1 heterocycles. The average Bonchev–Trinajstić information content (AvgIpc) is 3.06. The van der Waals surface area contributed by atoms with Crippen LogP contribution in [0.3, 0.4) is 0 Å². The average molecular weight is 364 g/mol. The summed E-state index contributed by atoms with van der Waals surface area (Å²) >= 11 is 0. The first kappa shape index (κ1) is 19.2. The molecule has 0 radical (unpaired) electrons. The van der Waals surface area contributed by atoms with E-state index in [1.807, 2.05) is 19.1 Å². The summed E-state index contributed by atoms with van der Waals surface area (Å²) in [6.07, 6.45) is 3.08. The molecule has 2 aromatic rings. The summed E-state index contributed by atoms with van der Waals surface area (Å²) in [4.78, 5) is 12.7. The van der Waals surface area contributed by atoms with E-state index in [1.165, 1.54) is 26.2 Å². The monoisotopic (exact) mass is 364 g/mol. The molecule has 1 aromatic heterocycles. The Bertz CT molecular complexity index is 827. The van der Waals surface area contributed by atoms with Gasteiger partial charge in [0.05, 0.1) is 11.2 Å². The zero-order valence-corrected chi connectivity index (χ0v) is 15.8. The number of nitrogens with one attached hydrogen (secondary N) is 1. The quantitative estimate of drug-likeness (QED) is 0.819. The van der Waals surface area contributed by atoms with Crippen LogP contribution in [0.5, 0.6) is 0 Å². The molecule has 1 unspecified atom stereocenters. The first-order chi connectivity index (χ1) is 11.7. The number of nitrogens with zero attached hydrogens (tertiary/aromatic N) is 1. The standard InChI is InChI=1S/C18H24N2O4S/c1-13-7-10-16(25(22,23)20(3)4)12-17(13)18(21)19-14(2)8-9-15-6-5-11-24-15/h5-7,10-12,14H,8-9H2,1-4H3,(H,19,21). The van der Waals surface area contributed by atoms with Crippen molar-refractivity contribution in [3.8, 4) is 0 Å². The molecule has 1 aromatic carbocycles. The Labute approximate surface area is 148 Å². The molecule has 0 aliphatic rings. The number of sulfonamides is 1. The summed E-state index contributed by atoms with van der Waals surface area (Å²) in [5.41, 5.74) is 1.10. The van der Waals surface area contributed by atoms with Crippen molar-refractivity contribution in [1.82, 2.24) is 9.62 Å². The van der Waals surface area contributed by atoms with Gasteiger partial charge in [-0.05, 0) is 50.1 Å². The molecule has 136 valence electrons. The Morgan fingerprint density at radius 3 is 2.60 bits per heavy atom. The van der Waals surface area contributed by atoms with Crippen LogP contribution < -0.4 is 5.32 Å². The van der Waals surface area contributed by atoms with Crippen molar-refractivity contribution in [2.24, 2.45) is 0 Å². The second-order valence-corrected chi connectivity index (χ2v) is 8.41. The third-order valence-electron chi connectivity index (χ3n) is 4.01. The van der Waals surface area contributed by atoms with Gasteiger partial charge in [0, 0.05) is 32.1 Å². The number of hydrogen-bond acceptors (Lipinski definition) is 4. The maximum atomic E-state index is 12.5. The summed E-state index contributed by atoms with van der Waals surface area (Å²) in [5, 5.41) is 2.92. The van der Waals surface area contributed by atoms with Gasteiger partial charge in [0.25, 0.3) is 5.91 Å². The van der Waals surface area contributed by atoms with Gasteiger partial charge in [-0.3, -0.25) is 4.79 Å². The molecular formula is C18H24N2O4S. The molecule has 0 saturated heterocycles. The van der Waals surface area contributed by atoms with Crippen molar-refractivity contribution in [2.45, 2.75) is 37.6 Å². The largest absolute Gasteiger partial charge is 0.469 e. The molecule has 0 fully saturated rings. The lowest BCUT2D eigenvalue weighted by molar-refractivity contribution is 0.0937. The van der Waals surface area contributed by atoms with E-state index in [1.54, 1.807) is 19.3 Å². The van der Waals surface area contributed by atoms with E-state index in [2.05, 4.69) is 5.32 Å². The van der Waals surface area contributed by atoms with Crippen LogP contribution in [0.15, 0.2) is 45.9 Å². The first-order valence-corrected chi connectivity index (χ1v) is 9.52. The van der Waals surface area contributed by atoms with Crippen molar-refractivity contribution < 1.29 is 17.6 Å². The maximum Gasteiger partial charge on any atom is 0.251 e. The first-order valence-electron chi connectivity index (χ1n) is 8.08. The van der Waals surface area contributed by atoms with Crippen molar-refractivity contribution in [1.29, 1.82) is 0 Å². The molecule has 6 nitrogen and oxygen atoms in total. The highest BCUT2D eigenvalue weighted by molar-refractivity contribution is 7.89. The molecule has 0 aliphatic heterocycles. The van der Waals surface area contributed by atoms with E-state index in [-0.39, 0.29) is 16.8 Å². The fourth-order valence-corrected chi connectivity index (χ4v) is 3.33. The van der Waals surface area contributed by atoms with Crippen LogP contribution in [-0.2, 0) is 16.4 Å². The highest BCUT2D eigenvalue weighted by Gasteiger charge is 2.20. The summed E-state index contributed by atoms with van der Waals surface area (Å²) in [7, 11) is -0.649. The Morgan fingerprint density at radius 2 is 2.00 bits per heavy atom. The molecule has 0 bridgehead atoms.